The molecule has 2 heterocycles. The summed E-state index contributed by atoms with van der Waals surface area (Å²) in [4.78, 5) is 17.8. The molecule has 1 amide bonds. The first-order chi connectivity index (χ1) is 11.3. The van der Waals surface area contributed by atoms with Gasteiger partial charge in [0.05, 0.1) is 22.6 Å². The largest absolute Gasteiger partial charge is 0.316 e. The van der Waals surface area contributed by atoms with Crippen LogP contribution < -0.4 is 4.90 Å². The lowest BCUT2D eigenvalue weighted by atomic mass is 10.2. The summed E-state index contributed by atoms with van der Waals surface area (Å²) < 4.78 is 37.3. The number of thioether (sulfide) groups is 1. The molecule has 0 saturated carbocycles. The second-order valence-corrected chi connectivity index (χ2v) is 9.57. The summed E-state index contributed by atoms with van der Waals surface area (Å²) in [6.07, 6.45) is 1.01. The highest BCUT2D eigenvalue weighted by Gasteiger charge is 2.49. The van der Waals surface area contributed by atoms with E-state index in [1.807, 2.05) is 6.92 Å². The van der Waals surface area contributed by atoms with E-state index in [1.54, 1.807) is 4.90 Å². The molecule has 2 aliphatic heterocycles. The molecule has 0 radical (unpaired) electrons. The Morgan fingerprint density at radius 1 is 1.46 bits per heavy atom. The number of hydrogen-bond acceptors (Lipinski definition) is 4. The van der Waals surface area contributed by atoms with Crippen molar-refractivity contribution in [2.24, 2.45) is 4.99 Å². The number of fused-ring (bicyclic) bond motifs is 1. The molecule has 9 heteroatoms. The van der Waals surface area contributed by atoms with Gasteiger partial charge in [0.2, 0.25) is 5.91 Å². The normalized spacial score (nSPS) is 26.8. The number of nitrogens with zero attached hydrogens (tertiary/aromatic N) is 2. The summed E-state index contributed by atoms with van der Waals surface area (Å²) >= 11 is 7.15. The van der Waals surface area contributed by atoms with E-state index in [4.69, 9.17) is 11.6 Å². The van der Waals surface area contributed by atoms with Crippen LogP contribution in [0.3, 0.4) is 0 Å². The topological polar surface area (TPSA) is 66.8 Å². The first-order valence-electron chi connectivity index (χ1n) is 7.53. The van der Waals surface area contributed by atoms with Gasteiger partial charge in [-0.05, 0) is 24.6 Å². The number of halogens is 2. The fourth-order valence-electron chi connectivity index (χ4n) is 2.88. The average Bonchev–Trinajstić information content (AvgIpc) is 2.93. The summed E-state index contributed by atoms with van der Waals surface area (Å²) in [5.41, 5.74) is 0.543. The minimum atomic E-state index is -3.14. The lowest BCUT2D eigenvalue weighted by molar-refractivity contribution is -0.117. The molecule has 3 rings (SSSR count). The predicted octanol–water partition coefficient (Wildman–Crippen LogP) is 2.88. The maximum atomic E-state index is 13.4. The molecular weight excluding hydrogens is 375 g/mol. The second-order valence-electron chi connectivity index (χ2n) is 5.81. The monoisotopic (exact) mass is 390 g/mol. The third-order valence-corrected chi connectivity index (χ3v) is 7.43. The van der Waals surface area contributed by atoms with Crippen molar-refractivity contribution in [3.63, 3.8) is 0 Å². The first kappa shape index (κ1) is 17.7. The van der Waals surface area contributed by atoms with E-state index in [0.29, 0.717) is 23.7 Å². The number of hydrogen-bond donors (Lipinski definition) is 0. The lowest BCUT2D eigenvalue weighted by Gasteiger charge is -2.24. The smallest absolute Gasteiger partial charge is 0.248 e. The summed E-state index contributed by atoms with van der Waals surface area (Å²) in [6.45, 7) is 1.89. The lowest BCUT2D eigenvalue weighted by Crippen LogP contribution is -2.37. The van der Waals surface area contributed by atoms with Gasteiger partial charge in [0.15, 0.2) is 15.0 Å². The van der Waals surface area contributed by atoms with Crippen LogP contribution in [0.15, 0.2) is 23.2 Å². The quantitative estimate of drug-likeness (QED) is 0.793. The van der Waals surface area contributed by atoms with Crippen molar-refractivity contribution in [3.8, 4) is 0 Å². The predicted molar refractivity (Wildman–Crippen MR) is 95.1 cm³/mol. The molecule has 0 aliphatic carbocycles. The van der Waals surface area contributed by atoms with Crippen molar-refractivity contribution in [2.75, 3.05) is 16.4 Å². The SMILES string of the molecule is CCCC(=O)N=C1SC2CS(=O)(=O)CC2N1c1ccc(F)c(Cl)c1. The number of rotatable bonds is 3. The molecule has 0 spiro atoms. The molecule has 0 bridgehead atoms. The molecule has 130 valence electrons. The fraction of sp³-hybridized carbons (Fsp3) is 0.467. The maximum absolute atomic E-state index is 13.4. The van der Waals surface area contributed by atoms with Gasteiger partial charge in [-0.25, -0.2) is 12.8 Å². The number of aliphatic imine (C=N–C) groups is 1. The summed E-state index contributed by atoms with van der Waals surface area (Å²) in [5.74, 6) is -0.764. The standard InChI is InChI=1S/C15H16ClFN2O3S2/c1-2-3-14(20)18-15-19(9-4-5-11(17)10(16)6-9)12-7-24(21,22)8-13(12)23-15/h4-6,12-13H,2-3,7-8H2,1H3. The highest BCUT2D eigenvalue weighted by molar-refractivity contribution is 8.16. The Bertz CT molecular complexity index is 813. The Morgan fingerprint density at radius 2 is 2.21 bits per heavy atom. The number of benzene rings is 1. The third-order valence-electron chi connectivity index (χ3n) is 3.93. The summed E-state index contributed by atoms with van der Waals surface area (Å²) in [5, 5.41) is 0.217. The van der Waals surface area contributed by atoms with E-state index in [9.17, 15) is 17.6 Å². The van der Waals surface area contributed by atoms with Gasteiger partial charge >= 0.3 is 0 Å². The fourth-order valence-corrected chi connectivity index (χ4v) is 6.98. The Morgan fingerprint density at radius 3 is 2.88 bits per heavy atom. The van der Waals surface area contributed by atoms with Gasteiger partial charge in [0.1, 0.15) is 5.82 Å². The van der Waals surface area contributed by atoms with E-state index >= 15 is 0 Å². The zero-order chi connectivity index (χ0) is 17.5. The Hall–Kier alpha value is -1.12. The van der Waals surface area contributed by atoms with Gasteiger partial charge in [-0.2, -0.15) is 4.99 Å². The van der Waals surface area contributed by atoms with Gasteiger partial charge < -0.3 is 4.90 Å². The molecule has 1 aromatic carbocycles. The number of amidine groups is 1. The number of amides is 1. The molecule has 5 nitrogen and oxygen atoms in total. The minimum absolute atomic E-state index is 0.0132. The van der Waals surface area contributed by atoms with Crippen LogP contribution in [0.5, 0.6) is 0 Å². The number of sulfone groups is 1. The van der Waals surface area contributed by atoms with Gasteiger partial charge in [-0.1, -0.05) is 30.3 Å². The van der Waals surface area contributed by atoms with Crippen LogP contribution in [0, 0.1) is 5.82 Å². The summed E-state index contributed by atoms with van der Waals surface area (Å²) in [6, 6.07) is 3.86. The van der Waals surface area contributed by atoms with Crippen molar-refractivity contribution < 1.29 is 17.6 Å². The molecule has 0 aromatic heterocycles. The van der Waals surface area contributed by atoms with E-state index in [2.05, 4.69) is 4.99 Å². The van der Waals surface area contributed by atoms with Gasteiger partial charge in [-0.15, -0.1) is 0 Å². The minimum Gasteiger partial charge on any atom is -0.316 e. The molecule has 24 heavy (non-hydrogen) atoms. The Labute approximate surface area is 149 Å². The molecule has 0 N–H and O–H groups in total. The van der Waals surface area contributed by atoms with Crippen LogP contribution in [0.1, 0.15) is 19.8 Å². The van der Waals surface area contributed by atoms with Gasteiger partial charge in [-0.3, -0.25) is 4.79 Å². The van der Waals surface area contributed by atoms with E-state index in [0.717, 1.165) is 0 Å². The van der Waals surface area contributed by atoms with Crippen molar-refractivity contribution in [3.05, 3.63) is 29.0 Å². The number of carbonyl (C=O) groups excluding carboxylic acids is 1. The molecule has 1 aromatic rings. The van der Waals surface area contributed by atoms with Crippen molar-refractivity contribution in [1.82, 2.24) is 0 Å². The highest BCUT2D eigenvalue weighted by atomic mass is 35.5. The third kappa shape index (κ3) is 3.45. The molecule has 2 saturated heterocycles. The second kappa shape index (κ2) is 6.65. The molecule has 2 fully saturated rings. The van der Waals surface area contributed by atoms with Crippen LogP contribution in [0.2, 0.25) is 5.02 Å². The molecule has 2 atom stereocenters. The van der Waals surface area contributed by atoms with Crippen LogP contribution in [0.25, 0.3) is 0 Å². The molecule has 2 aliphatic rings. The zero-order valence-corrected chi connectivity index (χ0v) is 15.3. The first-order valence-corrected chi connectivity index (χ1v) is 10.6. The highest BCUT2D eigenvalue weighted by Crippen LogP contribution is 2.41. The molecule has 2 unspecified atom stereocenters. The Balaban J connectivity index is 2.01. The van der Waals surface area contributed by atoms with E-state index < -0.39 is 15.7 Å². The maximum Gasteiger partial charge on any atom is 0.248 e. The van der Waals surface area contributed by atoms with Crippen LogP contribution >= 0.6 is 23.4 Å². The van der Waals surface area contributed by atoms with Crippen LogP contribution in [0.4, 0.5) is 10.1 Å². The van der Waals surface area contributed by atoms with Crippen LogP contribution in [-0.4, -0.2) is 42.3 Å². The van der Waals surface area contributed by atoms with E-state index in [-0.39, 0.29) is 33.7 Å². The van der Waals surface area contributed by atoms with Gasteiger partial charge in [0.25, 0.3) is 0 Å². The zero-order valence-electron chi connectivity index (χ0n) is 12.9. The molecular formula is C15H16ClFN2O3S2. The van der Waals surface area contributed by atoms with Crippen LogP contribution in [-0.2, 0) is 14.6 Å². The summed E-state index contributed by atoms with van der Waals surface area (Å²) in [7, 11) is -3.14. The van der Waals surface area contributed by atoms with E-state index in [1.165, 1.54) is 30.0 Å². The number of anilines is 1. The Kier molecular flexibility index (Phi) is 4.90. The van der Waals surface area contributed by atoms with Gasteiger partial charge in [0, 0.05) is 17.4 Å². The van der Waals surface area contributed by atoms with Crippen molar-refractivity contribution in [1.29, 1.82) is 0 Å². The average molecular weight is 391 g/mol. The van der Waals surface area contributed by atoms with Crippen molar-refractivity contribution in [2.45, 2.75) is 31.1 Å². The number of carbonyl (C=O) groups is 1. The van der Waals surface area contributed by atoms with Crippen molar-refractivity contribution >= 4 is 50.0 Å².